The predicted octanol–water partition coefficient (Wildman–Crippen LogP) is 2.06. The average molecular weight is 213 g/mol. The molecule has 0 fully saturated rings. The highest BCUT2D eigenvalue weighted by Crippen LogP contribution is 2.38. The standard InChI is InChI=1S/C13H11NO2/c15-8-14-6-5-10-9-3-1-2-4-11(9)13(16)7-12(10)14/h1-4,7-8,16H,5-6H2. The first-order valence-corrected chi connectivity index (χ1v) is 5.27. The Hall–Kier alpha value is -2.03. The molecule has 80 valence electrons. The third kappa shape index (κ3) is 1.11. The molecule has 0 radical (unpaired) electrons. The maximum absolute atomic E-state index is 10.9. The number of hydrogen-bond acceptors (Lipinski definition) is 2. The van der Waals surface area contributed by atoms with Crippen LogP contribution < -0.4 is 4.90 Å². The summed E-state index contributed by atoms with van der Waals surface area (Å²) in [5.41, 5.74) is 1.99. The largest absolute Gasteiger partial charge is 0.507 e. The van der Waals surface area contributed by atoms with E-state index < -0.39 is 0 Å². The quantitative estimate of drug-likeness (QED) is 0.736. The molecular weight excluding hydrogens is 202 g/mol. The van der Waals surface area contributed by atoms with Crippen LogP contribution >= 0.6 is 0 Å². The zero-order valence-electron chi connectivity index (χ0n) is 8.68. The van der Waals surface area contributed by atoms with Gasteiger partial charge in [0.1, 0.15) is 5.75 Å². The summed E-state index contributed by atoms with van der Waals surface area (Å²) in [5.74, 6) is 0.239. The SMILES string of the molecule is O=CN1CCc2c1cc(O)c1ccccc21. The monoisotopic (exact) mass is 213 g/mol. The molecule has 3 nitrogen and oxygen atoms in total. The minimum absolute atomic E-state index is 0.239. The molecule has 3 rings (SSSR count). The number of carbonyl (C=O) groups excluding carboxylic acids is 1. The second kappa shape index (κ2) is 3.23. The topological polar surface area (TPSA) is 40.5 Å². The summed E-state index contributed by atoms with van der Waals surface area (Å²) in [7, 11) is 0. The number of fused-ring (bicyclic) bond motifs is 3. The zero-order chi connectivity index (χ0) is 11.1. The fraction of sp³-hybridized carbons (Fsp3) is 0.154. The van der Waals surface area contributed by atoms with E-state index in [-0.39, 0.29) is 5.75 Å². The minimum atomic E-state index is 0.239. The van der Waals surface area contributed by atoms with E-state index in [4.69, 9.17) is 0 Å². The molecule has 2 aromatic rings. The molecule has 1 aliphatic rings. The van der Waals surface area contributed by atoms with Crippen molar-refractivity contribution in [2.45, 2.75) is 6.42 Å². The molecule has 0 aliphatic carbocycles. The first-order chi connectivity index (χ1) is 7.81. The van der Waals surface area contributed by atoms with Gasteiger partial charge in [0.25, 0.3) is 0 Å². The number of aromatic hydroxyl groups is 1. The Morgan fingerprint density at radius 2 is 2.00 bits per heavy atom. The summed E-state index contributed by atoms with van der Waals surface area (Å²) in [6.45, 7) is 0.701. The van der Waals surface area contributed by atoms with E-state index in [2.05, 4.69) is 0 Å². The van der Waals surface area contributed by atoms with E-state index in [0.717, 1.165) is 34.9 Å². The van der Waals surface area contributed by atoms with Crippen LogP contribution in [-0.4, -0.2) is 18.1 Å². The summed E-state index contributed by atoms with van der Waals surface area (Å²) in [6, 6.07) is 9.42. The summed E-state index contributed by atoms with van der Waals surface area (Å²) in [5, 5.41) is 11.8. The van der Waals surface area contributed by atoms with Crippen LogP contribution in [0.25, 0.3) is 10.8 Å². The Bertz CT molecular complexity index is 577. The molecule has 0 bridgehead atoms. The van der Waals surface area contributed by atoms with Crippen LogP contribution in [0, 0.1) is 0 Å². The smallest absolute Gasteiger partial charge is 0.214 e. The molecule has 1 aliphatic heterocycles. The van der Waals surface area contributed by atoms with Crippen LogP contribution in [0.4, 0.5) is 5.69 Å². The highest BCUT2D eigenvalue weighted by atomic mass is 16.3. The van der Waals surface area contributed by atoms with Crippen molar-refractivity contribution in [3.05, 3.63) is 35.9 Å². The Morgan fingerprint density at radius 1 is 1.25 bits per heavy atom. The number of rotatable bonds is 1. The van der Waals surface area contributed by atoms with Crippen molar-refractivity contribution >= 4 is 22.9 Å². The van der Waals surface area contributed by atoms with Crippen molar-refractivity contribution in [3.8, 4) is 5.75 Å². The number of benzene rings is 2. The Morgan fingerprint density at radius 3 is 2.75 bits per heavy atom. The predicted molar refractivity (Wildman–Crippen MR) is 62.7 cm³/mol. The van der Waals surface area contributed by atoms with Crippen molar-refractivity contribution in [2.24, 2.45) is 0 Å². The second-order valence-electron chi connectivity index (χ2n) is 3.99. The lowest BCUT2D eigenvalue weighted by Gasteiger charge is -2.12. The van der Waals surface area contributed by atoms with E-state index in [9.17, 15) is 9.90 Å². The van der Waals surface area contributed by atoms with Gasteiger partial charge in [-0.25, -0.2) is 0 Å². The van der Waals surface area contributed by atoms with Gasteiger partial charge in [-0.05, 0) is 17.4 Å². The van der Waals surface area contributed by atoms with E-state index in [1.54, 1.807) is 11.0 Å². The van der Waals surface area contributed by atoms with Crippen LogP contribution in [-0.2, 0) is 11.2 Å². The molecule has 2 aromatic carbocycles. The van der Waals surface area contributed by atoms with Crippen LogP contribution in [0.2, 0.25) is 0 Å². The van der Waals surface area contributed by atoms with Crippen LogP contribution in [0.1, 0.15) is 5.56 Å². The van der Waals surface area contributed by atoms with Crippen molar-refractivity contribution in [3.63, 3.8) is 0 Å². The van der Waals surface area contributed by atoms with Gasteiger partial charge in [0.15, 0.2) is 0 Å². The molecule has 1 N–H and O–H groups in total. The molecule has 0 atom stereocenters. The Labute approximate surface area is 92.9 Å². The van der Waals surface area contributed by atoms with Gasteiger partial charge in [-0.15, -0.1) is 0 Å². The van der Waals surface area contributed by atoms with Gasteiger partial charge in [-0.1, -0.05) is 24.3 Å². The van der Waals surface area contributed by atoms with E-state index >= 15 is 0 Å². The lowest BCUT2D eigenvalue weighted by molar-refractivity contribution is -0.107. The summed E-state index contributed by atoms with van der Waals surface area (Å²) in [6.07, 6.45) is 1.68. The summed E-state index contributed by atoms with van der Waals surface area (Å²) in [4.78, 5) is 12.5. The number of amides is 1. The molecule has 1 heterocycles. The van der Waals surface area contributed by atoms with E-state index in [1.807, 2.05) is 24.3 Å². The van der Waals surface area contributed by atoms with Gasteiger partial charge in [-0.3, -0.25) is 4.79 Å². The van der Waals surface area contributed by atoms with Gasteiger partial charge in [-0.2, -0.15) is 0 Å². The van der Waals surface area contributed by atoms with Crippen molar-refractivity contribution in [1.82, 2.24) is 0 Å². The normalized spacial score (nSPS) is 14.1. The molecule has 1 amide bonds. The maximum atomic E-state index is 10.9. The highest BCUT2D eigenvalue weighted by molar-refractivity contribution is 5.98. The van der Waals surface area contributed by atoms with Crippen molar-refractivity contribution in [2.75, 3.05) is 11.4 Å². The number of hydrogen-bond donors (Lipinski definition) is 1. The van der Waals surface area contributed by atoms with Gasteiger partial charge in [0.05, 0.1) is 5.69 Å². The molecule has 0 unspecified atom stereocenters. The number of phenolic OH excluding ortho intramolecular Hbond substituents is 1. The first-order valence-electron chi connectivity index (χ1n) is 5.27. The van der Waals surface area contributed by atoms with E-state index in [1.165, 1.54) is 0 Å². The third-order valence-electron chi connectivity index (χ3n) is 3.15. The Kier molecular flexibility index (Phi) is 1.86. The average Bonchev–Trinajstić information content (AvgIpc) is 2.72. The maximum Gasteiger partial charge on any atom is 0.214 e. The third-order valence-corrected chi connectivity index (χ3v) is 3.15. The summed E-state index contributed by atoms with van der Waals surface area (Å²) >= 11 is 0. The van der Waals surface area contributed by atoms with Crippen LogP contribution in [0.5, 0.6) is 5.75 Å². The van der Waals surface area contributed by atoms with Gasteiger partial charge in [0.2, 0.25) is 6.41 Å². The molecule has 3 heteroatoms. The van der Waals surface area contributed by atoms with Crippen molar-refractivity contribution < 1.29 is 9.90 Å². The lowest BCUT2D eigenvalue weighted by Crippen LogP contribution is -2.17. The number of nitrogens with zero attached hydrogens (tertiary/aromatic N) is 1. The Balaban J connectivity index is 2.38. The number of carbonyl (C=O) groups is 1. The molecule has 0 aromatic heterocycles. The fourth-order valence-electron chi connectivity index (χ4n) is 2.38. The molecular formula is C13H11NO2. The van der Waals surface area contributed by atoms with Crippen LogP contribution in [0.3, 0.4) is 0 Å². The van der Waals surface area contributed by atoms with Crippen LogP contribution in [0.15, 0.2) is 30.3 Å². The number of anilines is 1. The summed E-state index contributed by atoms with van der Waals surface area (Å²) < 4.78 is 0. The lowest BCUT2D eigenvalue weighted by atomic mass is 10.0. The minimum Gasteiger partial charge on any atom is -0.507 e. The molecule has 0 spiro atoms. The molecule has 0 saturated carbocycles. The highest BCUT2D eigenvalue weighted by Gasteiger charge is 2.22. The van der Waals surface area contributed by atoms with Gasteiger partial charge < -0.3 is 10.0 Å². The number of phenols is 1. The second-order valence-corrected chi connectivity index (χ2v) is 3.99. The first kappa shape index (κ1) is 9.21. The fourth-order valence-corrected chi connectivity index (χ4v) is 2.38. The molecule has 16 heavy (non-hydrogen) atoms. The van der Waals surface area contributed by atoms with Gasteiger partial charge >= 0.3 is 0 Å². The zero-order valence-corrected chi connectivity index (χ0v) is 8.68. The van der Waals surface area contributed by atoms with Gasteiger partial charge in [0, 0.05) is 18.0 Å². The molecule has 0 saturated heterocycles. The van der Waals surface area contributed by atoms with E-state index in [0.29, 0.717) is 6.54 Å². The van der Waals surface area contributed by atoms with Crippen molar-refractivity contribution in [1.29, 1.82) is 0 Å².